The summed E-state index contributed by atoms with van der Waals surface area (Å²) in [4.78, 5) is 72.6. The van der Waals surface area contributed by atoms with Gasteiger partial charge < -0.3 is 138 Å². The molecule has 0 radical (unpaired) electrons. The van der Waals surface area contributed by atoms with Gasteiger partial charge in [-0.15, -0.1) is 0 Å². The number of anilines is 12. The Kier molecular flexibility index (Phi) is 62.9. The van der Waals surface area contributed by atoms with Gasteiger partial charge in [0, 0.05) is 149 Å². The van der Waals surface area contributed by atoms with Crippen LogP contribution in [0.5, 0.6) is 0 Å². The van der Waals surface area contributed by atoms with Crippen LogP contribution in [-0.2, 0) is 123 Å². The molecule has 4 aromatic heterocycles. The Morgan fingerprint density at radius 3 is 0.357 bits per heavy atom. The molecule has 4 rings (SSSR count). The lowest BCUT2D eigenvalue weighted by atomic mass is 10.6. The minimum absolute atomic E-state index is 0.0226. The van der Waals surface area contributed by atoms with E-state index in [0.717, 1.165) is 0 Å². The molecular weight excluding hydrogens is 1540 g/mol. The van der Waals surface area contributed by atoms with Gasteiger partial charge in [0.1, 0.15) is 196 Å². The zero-order valence-corrected chi connectivity index (χ0v) is 70.2. The van der Waals surface area contributed by atoms with Gasteiger partial charge in [-0.1, -0.05) is 0 Å². The van der Waals surface area contributed by atoms with E-state index in [0.29, 0.717) is 35.7 Å². The number of aromatic nitrogens is 12. The Labute approximate surface area is 671 Å². The molecule has 3 N–H and O–H groups in total. The van der Waals surface area contributed by atoms with Crippen molar-refractivity contribution in [1.82, 2.24) is 59.8 Å². The van der Waals surface area contributed by atoms with E-state index in [-0.39, 0.29) is 224 Å². The van der Waals surface area contributed by atoms with Crippen LogP contribution in [0.15, 0.2) is 0 Å². The van der Waals surface area contributed by atoms with Crippen LogP contribution >= 0.6 is 0 Å². The van der Waals surface area contributed by atoms with E-state index >= 15 is 0 Å². The summed E-state index contributed by atoms with van der Waals surface area (Å²) >= 11 is 0. The smallest absolute Gasteiger partial charge is 0.235 e. The number of rotatable bonds is 67. The number of aliphatic hydroxyl groups excluding tert-OH is 3. The van der Waals surface area contributed by atoms with Gasteiger partial charge in [0.15, 0.2) is 0 Å². The Morgan fingerprint density at radius 2 is 0.243 bits per heavy atom. The van der Waals surface area contributed by atoms with E-state index < -0.39 is 6.73 Å². The van der Waals surface area contributed by atoms with Gasteiger partial charge in [0.25, 0.3) is 0 Å². The fourth-order valence-corrected chi connectivity index (χ4v) is 8.58. The number of nitrogens with zero attached hydrogens (tertiary/aromatic N) is 24. The summed E-state index contributed by atoms with van der Waals surface area (Å²) in [5.74, 6) is 3.20. The standard InChI is InChI=1S/C17H34N6O8.C16H32N6O7.C15H30N6O7.C14H28N6O7/c1-24-7-21(8-25-2)15-18-16(22(9-26-3)11-30-13-28-5)20-17(19-15)23(10-27-4)12-31-14-29-6;1-23-7-20(8-24-2)14-17-15(21(9-25-3)10-26-4)19-16(18-14)22(11-27-5)12-29-13-28-6;1-23-7-19(6-22)13-16-14(20(8-24-2)9-25-3)18-15(17-13)21(10-26-4)11-28-12-27-5;1-23-7-18(5-21)12-15-13(19(6-22)10-27-11-26-4)17-14(16-12)20(8-24-2)9-25-3/h7-14H2,1-6H3;7-13H2,1-6H3;22H,6-12H2,1-5H3;21-22H,5-11H2,1-4H3. The number of hydrogen-bond acceptors (Lipinski definition) is 53. The molecule has 0 aliphatic carbocycles. The van der Waals surface area contributed by atoms with Crippen molar-refractivity contribution in [3.63, 3.8) is 0 Å². The van der Waals surface area contributed by atoms with E-state index in [1.54, 1.807) is 137 Å². The highest BCUT2D eigenvalue weighted by atomic mass is 16.7. The Hall–Kier alpha value is -7.52. The second kappa shape index (κ2) is 68.5. The zero-order chi connectivity index (χ0) is 85.2. The normalized spacial score (nSPS) is 11.0. The fourth-order valence-electron chi connectivity index (χ4n) is 8.58. The average Bonchev–Trinajstić information content (AvgIpc) is 0.836. The maximum Gasteiger partial charge on any atom is 0.235 e. The average molecular weight is 1670 g/mol. The van der Waals surface area contributed by atoms with Crippen molar-refractivity contribution in [3.05, 3.63) is 0 Å². The predicted molar refractivity (Wildman–Crippen MR) is 409 cm³/mol. The first-order chi connectivity index (χ1) is 56.1. The topological polar surface area (TPSA) is 494 Å². The van der Waals surface area contributed by atoms with Crippen LogP contribution in [-0.4, -0.2) is 420 Å². The molecule has 0 saturated heterocycles. The molecule has 0 aliphatic rings. The van der Waals surface area contributed by atoms with Crippen LogP contribution in [0.1, 0.15) is 0 Å². The van der Waals surface area contributed by atoms with E-state index in [1.165, 1.54) is 71.6 Å². The lowest BCUT2D eigenvalue weighted by molar-refractivity contribution is -0.0352. The van der Waals surface area contributed by atoms with Crippen molar-refractivity contribution >= 4 is 71.4 Å². The SMILES string of the molecule is COCOCN(CO)c1nc(N(CO)COC)nc(N(COC)COC)n1.COCOCN(COC)c1nc(N(CO)COC)nc(N(COC)COC)n1.COCOCN(COC)c1nc(N(COC)COC)nc(N(COC)COC)n1.COCOCN(COC)c1nc(N(COC)COC)nc(N(COC)COCOC)n1. The fraction of sp³-hybridized carbons (Fsp3) is 0.806. The Bertz CT molecular complexity index is 2870. The van der Waals surface area contributed by atoms with Gasteiger partial charge in [-0.3, -0.25) is 58.8 Å². The van der Waals surface area contributed by atoms with E-state index in [1.807, 2.05) is 0 Å². The van der Waals surface area contributed by atoms with Crippen molar-refractivity contribution < 1.29 is 138 Å². The highest BCUT2D eigenvalue weighted by Gasteiger charge is 2.27. The molecular formula is C62H124N24O29. The first kappa shape index (κ1) is 105. The van der Waals surface area contributed by atoms with Gasteiger partial charge in [0.05, 0.1) is 0 Å². The molecule has 115 heavy (non-hydrogen) atoms. The van der Waals surface area contributed by atoms with Crippen LogP contribution in [0.4, 0.5) is 71.4 Å². The predicted octanol–water partition coefficient (Wildman–Crippen LogP) is -2.44. The number of aliphatic hydroxyl groups is 3. The Balaban J connectivity index is 0.000000768. The van der Waals surface area contributed by atoms with Crippen molar-refractivity contribution in [2.45, 2.75) is 0 Å². The molecule has 53 heteroatoms. The highest BCUT2D eigenvalue weighted by molar-refractivity contribution is 5.49. The molecule has 0 spiro atoms. The monoisotopic (exact) mass is 1670 g/mol. The molecule has 666 valence electrons. The largest absolute Gasteiger partial charge is 0.376 e. The van der Waals surface area contributed by atoms with Crippen LogP contribution in [0, 0.1) is 0 Å². The minimum atomic E-state index is -0.412. The molecule has 0 aromatic carbocycles. The zero-order valence-electron chi connectivity index (χ0n) is 70.2. The summed E-state index contributed by atoms with van der Waals surface area (Å²) in [6, 6.07) is 0. The lowest BCUT2D eigenvalue weighted by Crippen LogP contribution is -2.36. The molecule has 53 nitrogen and oxygen atoms in total. The molecule has 4 heterocycles. The van der Waals surface area contributed by atoms with Crippen LogP contribution in [0.25, 0.3) is 0 Å². The summed E-state index contributed by atoms with van der Waals surface area (Å²) in [5, 5.41) is 28.9. The maximum atomic E-state index is 9.66. The Morgan fingerprint density at radius 1 is 0.148 bits per heavy atom. The van der Waals surface area contributed by atoms with Gasteiger partial charge in [-0.2, -0.15) is 59.8 Å². The van der Waals surface area contributed by atoms with Crippen LogP contribution in [0.2, 0.25) is 0 Å². The van der Waals surface area contributed by atoms with Crippen LogP contribution in [0.3, 0.4) is 0 Å². The molecule has 0 bridgehead atoms. The quantitative estimate of drug-likeness (QED) is 0.0305. The summed E-state index contributed by atoms with van der Waals surface area (Å²) in [6.45, 7) is 2.56. The minimum Gasteiger partial charge on any atom is -0.376 e. The molecule has 4 aromatic rings. The van der Waals surface area contributed by atoms with Crippen molar-refractivity contribution in [1.29, 1.82) is 0 Å². The molecule has 0 saturated carbocycles. The summed E-state index contributed by atoms with van der Waals surface area (Å²) in [6.07, 6.45) is 0. The van der Waals surface area contributed by atoms with Crippen molar-refractivity contribution in [2.24, 2.45) is 0 Å². The van der Waals surface area contributed by atoms with Gasteiger partial charge in [-0.25, -0.2) is 0 Å². The second-order valence-corrected chi connectivity index (χ2v) is 22.2. The maximum absolute atomic E-state index is 9.66. The molecule has 0 amide bonds. The van der Waals surface area contributed by atoms with Gasteiger partial charge >= 0.3 is 0 Å². The number of hydrogen-bond donors (Lipinski definition) is 3. The van der Waals surface area contributed by atoms with Crippen LogP contribution < -0.4 is 58.8 Å². The highest BCUT2D eigenvalue weighted by Crippen LogP contribution is 2.25. The molecule has 0 atom stereocenters. The number of methoxy groups -OCH3 is 21. The molecule has 0 fully saturated rings. The third-order valence-electron chi connectivity index (χ3n) is 13.1. The first-order valence-electron chi connectivity index (χ1n) is 34.1. The lowest BCUT2D eigenvalue weighted by Gasteiger charge is -2.27. The summed E-state index contributed by atoms with van der Waals surface area (Å²) < 4.78 is 135. The molecule has 0 aliphatic heterocycles. The molecule has 0 unspecified atom stereocenters. The second-order valence-electron chi connectivity index (χ2n) is 22.2. The van der Waals surface area contributed by atoms with E-state index in [2.05, 4.69) is 59.8 Å². The third-order valence-corrected chi connectivity index (χ3v) is 13.1. The van der Waals surface area contributed by atoms with Gasteiger partial charge in [-0.05, 0) is 0 Å². The summed E-state index contributed by atoms with van der Waals surface area (Å²) in [5.41, 5.74) is 0. The summed E-state index contributed by atoms with van der Waals surface area (Å²) in [7, 11) is 32.4. The van der Waals surface area contributed by atoms with Crippen molar-refractivity contribution in [3.8, 4) is 0 Å². The van der Waals surface area contributed by atoms with Gasteiger partial charge in [0.2, 0.25) is 71.4 Å². The van der Waals surface area contributed by atoms with E-state index in [9.17, 15) is 15.3 Å². The first-order valence-corrected chi connectivity index (χ1v) is 34.1. The third kappa shape index (κ3) is 41.4. The number of ether oxygens (including phenoxy) is 26. The van der Waals surface area contributed by atoms with Crippen molar-refractivity contribution in [2.75, 3.05) is 404 Å². The van der Waals surface area contributed by atoms with E-state index in [4.69, 9.17) is 123 Å².